The van der Waals surface area contributed by atoms with Crippen LogP contribution in [0.4, 0.5) is 4.39 Å². The summed E-state index contributed by atoms with van der Waals surface area (Å²) in [6.45, 7) is 7.22. The van der Waals surface area contributed by atoms with Crippen molar-refractivity contribution < 1.29 is 8.81 Å². The average Bonchev–Trinajstić information content (AvgIpc) is 2.78. The highest BCUT2D eigenvalue weighted by atomic mass is 19.1. The SMILES string of the molecule is C=C(C)CNCc1ccc(-c2ccc(F)cc2)o1. The second-order valence-corrected chi connectivity index (χ2v) is 4.33. The Bertz CT molecular complexity index is 528. The lowest BCUT2D eigenvalue weighted by atomic mass is 10.2. The van der Waals surface area contributed by atoms with Crippen LogP contribution >= 0.6 is 0 Å². The Morgan fingerprint density at radius 2 is 1.94 bits per heavy atom. The van der Waals surface area contributed by atoms with Crippen molar-refractivity contribution >= 4 is 0 Å². The van der Waals surface area contributed by atoms with Gasteiger partial charge in [-0.1, -0.05) is 12.2 Å². The van der Waals surface area contributed by atoms with Crippen LogP contribution in [0.2, 0.25) is 0 Å². The number of nitrogens with one attached hydrogen (secondary N) is 1. The van der Waals surface area contributed by atoms with Gasteiger partial charge < -0.3 is 9.73 Å². The molecule has 0 aliphatic heterocycles. The molecular weight excluding hydrogens is 229 g/mol. The van der Waals surface area contributed by atoms with E-state index in [-0.39, 0.29) is 5.82 Å². The van der Waals surface area contributed by atoms with E-state index in [1.807, 2.05) is 19.1 Å². The van der Waals surface area contributed by atoms with Gasteiger partial charge in [0.2, 0.25) is 0 Å². The van der Waals surface area contributed by atoms with E-state index in [4.69, 9.17) is 4.42 Å². The van der Waals surface area contributed by atoms with Gasteiger partial charge in [0.05, 0.1) is 6.54 Å². The lowest BCUT2D eigenvalue weighted by Crippen LogP contribution is -2.14. The third-order valence-electron chi connectivity index (χ3n) is 2.52. The van der Waals surface area contributed by atoms with Gasteiger partial charge in [0.1, 0.15) is 17.3 Å². The highest BCUT2D eigenvalue weighted by Crippen LogP contribution is 2.22. The molecule has 0 spiro atoms. The van der Waals surface area contributed by atoms with Crippen LogP contribution in [0, 0.1) is 5.82 Å². The second kappa shape index (κ2) is 5.65. The number of benzene rings is 1. The van der Waals surface area contributed by atoms with Crippen molar-refractivity contribution in [2.75, 3.05) is 6.54 Å². The fraction of sp³-hybridized carbons (Fsp3) is 0.200. The van der Waals surface area contributed by atoms with Crippen LogP contribution < -0.4 is 5.32 Å². The van der Waals surface area contributed by atoms with Crippen LogP contribution in [0.25, 0.3) is 11.3 Å². The summed E-state index contributed by atoms with van der Waals surface area (Å²) in [5.74, 6) is 1.37. The molecule has 1 N–H and O–H groups in total. The van der Waals surface area contributed by atoms with Crippen LogP contribution in [0.5, 0.6) is 0 Å². The molecule has 0 unspecified atom stereocenters. The monoisotopic (exact) mass is 245 g/mol. The normalized spacial score (nSPS) is 10.6. The maximum absolute atomic E-state index is 12.8. The number of hydrogen-bond acceptors (Lipinski definition) is 2. The van der Waals surface area contributed by atoms with Crippen LogP contribution in [-0.4, -0.2) is 6.54 Å². The smallest absolute Gasteiger partial charge is 0.134 e. The molecule has 2 aromatic rings. The molecule has 18 heavy (non-hydrogen) atoms. The van der Waals surface area contributed by atoms with Crippen molar-refractivity contribution in [2.24, 2.45) is 0 Å². The summed E-state index contributed by atoms with van der Waals surface area (Å²) in [7, 11) is 0. The first-order chi connectivity index (χ1) is 8.65. The van der Waals surface area contributed by atoms with Crippen LogP contribution in [0.3, 0.4) is 0 Å². The van der Waals surface area contributed by atoms with Gasteiger partial charge in [-0.3, -0.25) is 0 Å². The number of halogens is 1. The first kappa shape index (κ1) is 12.6. The molecule has 3 heteroatoms. The Hall–Kier alpha value is -1.87. The lowest BCUT2D eigenvalue weighted by Gasteiger charge is -2.01. The fourth-order valence-electron chi connectivity index (χ4n) is 1.64. The molecule has 94 valence electrons. The van der Waals surface area contributed by atoms with Gasteiger partial charge in [-0.25, -0.2) is 4.39 Å². The molecule has 0 radical (unpaired) electrons. The van der Waals surface area contributed by atoms with Gasteiger partial charge in [0.25, 0.3) is 0 Å². The molecule has 0 atom stereocenters. The second-order valence-electron chi connectivity index (χ2n) is 4.33. The molecule has 0 bridgehead atoms. The molecule has 2 nitrogen and oxygen atoms in total. The van der Waals surface area contributed by atoms with Crippen molar-refractivity contribution in [1.29, 1.82) is 0 Å². The van der Waals surface area contributed by atoms with Crippen molar-refractivity contribution in [3.63, 3.8) is 0 Å². The van der Waals surface area contributed by atoms with Crippen molar-refractivity contribution in [1.82, 2.24) is 5.32 Å². The Morgan fingerprint density at radius 3 is 2.61 bits per heavy atom. The molecule has 0 saturated heterocycles. The molecule has 1 heterocycles. The average molecular weight is 245 g/mol. The summed E-state index contributed by atoms with van der Waals surface area (Å²) in [5, 5.41) is 3.22. The van der Waals surface area contributed by atoms with E-state index in [0.29, 0.717) is 6.54 Å². The van der Waals surface area contributed by atoms with Crippen molar-refractivity contribution in [3.05, 3.63) is 60.1 Å². The molecule has 0 fully saturated rings. The molecule has 1 aromatic carbocycles. The van der Waals surface area contributed by atoms with Crippen LogP contribution in [0.1, 0.15) is 12.7 Å². The third kappa shape index (κ3) is 3.31. The summed E-state index contributed by atoms with van der Waals surface area (Å²) in [6.07, 6.45) is 0. The number of furan rings is 1. The van der Waals surface area contributed by atoms with E-state index >= 15 is 0 Å². The predicted molar refractivity (Wildman–Crippen MR) is 70.6 cm³/mol. The highest BCUT2D eigenvalue weighted by molar-refractivity contribution is 5.57. The first-order valence-corrected chi connectivity index (χ1v) is 5.85. The third-order valence-corrected chi connectivity index (χ3v) is 2.52. The zero-order valence-corrected chi connectivity index (χ0v) is 10.4. The molecule has 0 aliphatic rings. The van der Waals surface area contributed by atoms with Gasteiger partial charge in [-0.2, -0.15) is 0 Å². The van der Waals surface area contributed by atoms with Gasteiger partial charge >= 0.3 is 0 Å². The predicted octanol–water partition coefficient (Wildman–Crippen LogP) is 3.75. The minimum absolute atomic E-state index is 0.242. The molecule has 2 rings (SSSR count). The van der Waals surface area contributed by atoms with Gasteiger partial charge in [-0.05, 0) is 43.3 Å². The summed E-state index contributed by atoms with van der Waals surface area (Å²) >= 11 is 0. The molecule has 0 aliphatic carbocycles. The quantitative estimate of drug-likeness (QED) is 0.811. The van der Waals surface area contributed by atoms with Gasteiger partial charge in [0, 0.05) is 12.1 Å². The Labute approximate surface area is 106 Å². The maximum Gasteiger partial charge on any atom is 0.134 e. The summed E-state index contributed by atoms with van der Waals surface area (Å²) in [5.41, 5.74) is 1.96. The summed E-state index contributed by atoms with van der Waals surface area (Å²) in [4.78, 5) is 0. The van der Waals surface area contributed by atoms with E-state index in [1.165, 1.54) is 12.1 Å². The number of rotatable bonds is 5. The fourth-order valence-corrected chi connectivity index (χ4v) is 1.64. The van der Waals surface area contributed by atoms with Gasteiger partial charge in [0.15, 0.2) is 0 Å². The Morgan fingerprint density at radius 1 is 1.22 bits per heavy atom. The minimum atomic E-state index is -0.242. The maximum atomic E-state index is 12.8. The largest absolute Gasteiger partial charge is 0.460 e. The van der Waals surface area contributed by atoms with Crippen molar-refractivity contribution in [2.45, 2.75) is 13.5 Å². The molecule has 1 aromatic heterocycles. The summed E-state index contributed by atoms with van der Waals surface area (Å²) < 4.78 is 18.5. The van der Waals surface area contributed by atoms with E-state index < -0.39 is 0 Å². The van der Waals surface area contributed by atoms with E-state index in [1.54, 1.807) is 12.1 Å². The zero-order valence-electron chi connectivity index (χ0n) is 10.4. The van der Waals surface area contributed by atoms with Crippen LogP contribution in [-0.2, 0) is 6.54 Å². The first-order valence-electron chi connectivity index (χ1n) is 5.85. The van der Waals surface area contributed by atoms with E-state index in [0.717, 1.165) is 29.2 Å². The molecule has 0 amide bonds. The standard InChI is InChI=1S/C15H16FNO/c1-11(2)9-17-10-14-7-8-15(18-14)12-3-5-13(16)6-4-12/h3-8,17H,1,9-10H2,2H3. The van der Waals surface area contributed by atoms with E-state index in [2.05, 4.69) is 11.9 Å². The van der Waals surface area contributed by atoms with Crippen molar-refractivity contribution in [3.8, 4) is 11.3 Å². The lowest BCUT2D eigenvalue weighted by molar-refractivity contribution is 0.500. The number of hydrogen-bond donors (Lipinski definition) is 1. The summed E-state index contributed by atoms with van der Waals surface area (Å²) in [6, 6.07) is 10.1. The molecule has 0 saturated carbocycles. The highest BCUT2D eigenvalue weighted by Gasteiger charge is 2.04. The van der Waals surface area contributed by atoms with Crippen LogP contribution in [0.15, 0.2) is 53.0 Å². The Balaban J connectivity index is 2.01. The van der Waals surface area contributed by atoms with E-state index in [9.17, 15) is 4.39 Å². The zero-order chi connectivity index (χ0) is 13.0. The minimum Gasteiger partial charge on any atom is -0.460 e. The van der Waals surface area contributed by atoms with Gasteiger partial charge in [-0.15, -0.1) is 0 Å². The molecular formula is C15H16FNO. The Kier molecular flexibility index (Phi) is 3.95. The topological polar surface area (TPSA) is 25.2 Å².